The lowest BCUT2D eigenvalue weighted by molar-refractivity contribution is 0.0976. The molecule has 0 aliphatic carbocycles. The molecule has 0 aliphatic rings. The van der Waals surface area contributed by atoms with E-state index in [1.165, 1.54) is 0 Å². The van der Waals surface area contributed by atoms with Crippen LogP contribution in [0, 0.1) is 0 Å². The third-order valence-electron chi connectivity index (χ3n) is 2.72. The quantitative estimate of drug-likeness (QED) is 0.579. The van der Waals surface area contributed by atoms with Gasteiger partial charge in [0.05, 0.1) is 13.2 Å². The van der Waals surface area contributed by atoms with E-state index in [0.29, 0.717) is 12.2 Å². The molecule has 19 heavy (non-hydrogen) atoms. The van der Waals surface area contributed by atoms with E-state index in [1.807, 2.05) is 6.07 Å². The Balaban J connectivity index is 2.15. The van der Waals surface area contributed by atoms with E-state index in [9.17, 15) is 9.59 Å². The molecule has 0 heterocycles. The minimum absolute atomic E-state index is 0.0300. The number of rotatable bonds is 8. The third-order valence-corrected chi connectivity index (χ3v) is 2.72. The Labute approximate surface area is 114 Å². The molecule has 0 atom stereocenters. The predicted octanol–water partition coefficient (Wildman–Crippen LogP) is 3.18. The van der Waals surface area contributed by atoms with Crippen LogP contribution in [0.5, 0.6) is 0 Å². The maximum absolute atomic E-state index is 11.7. The van der Waals surface area contributed by atoms with Crippen molar-refractivity contribution in [3.05, 3.63) is 35.9 Å². The summed E-state index contributed by atoms with van der Waals surface area (Å²) in [5.41, 5.74) is 0.589. The number of hydrogen-bond donors (Lipinski definition) is 1. The highest BCUT2D eigenvalue weighted by Crippen LogP contribution is 2.00. The van der Waals surface area contributed by atoms with Crippen LogP contribution in [0.2, 0.25) is 0 Å². The number of nitrogens with one attached hydrogen (secondary N) is 1. The van der Waals surface area contributed by atoms with Gasteiger partial charge in [-0.1, -0.05) is 56.5 Å². The lowest BCUT2D eigenvalue weighted by atomic mass is 10.1. The Hall–Kier alpha value is -1.84. The number of amides is 1. The Morgan fingerprint density at radius 1 is 1.11 bits per heavy atom. The van der Waals surface area contributed by atoms with Crippen LogP contribution in [-0.2, 0) is 4.74 Å². The molecule has 1 aromatic rings. The van der Waals surface area contributed by atoms with Crippen LogP contribution in [-0.4, -0.2) is 25.0 Å². The van der Waals surface area contributed by atoms with Gasteiger partial charge in [-0.25, -0.2) is 4.79 Å². The molecule has 0 aromatic heterocycles. The summed E-state index contributed by atoms with van der Waals surface area (Å²) < 4.78 is 4.97. The molecule has 4 nitrogen and oxygen atoms in total. The van der Waals surface area contributed by atoms with Gasteiger partial charge in [-0.15, -0.1) is 0 Å². The van der Waals surface area contributed by atoms with E-state index >= 15 is 0 Å². The van der Waals surface area contributed by atoms with Gasteiger partial charge in [-0.2, -0.15) is 0 Å². The summed E-state index contributed by atoms with van der Waals surface area (Å²) in [6, 6.07) is 8.87. The summed E-state index contributed by atoms with van der Waals surface area (Å²) in [5.74, 6) is -0.122. The van der Waals surface area contributed by atoms with E-state index in [1.54, 1.807) is 24.3 Å². The van der Waals surface area contributed by atoms with Crippen LogP contribution in [0.3, 0.4) is 0 Å². The van der Waals surface area contributed by atoms with Gasteiger partial charge in [0, 0.05) is 5.56 Å². The molecule has 1 aromatic carbocycles. The van der Waals surface area contributed by atoms with Gasteiger partial charge < -0.3 is 10.1 Å². The number of alkyl carbamates (subject to hydrolysis) is 1. The molecule has 0 spiro atoms. The highest BCUT2D eigenvalue weighted by Gasteiger charge is 2.07. The lowest BCUT2D eigenvalue weighted by Crippen LogP contribution is -2.30. The molecule has 4 heteroatoms. The summed E-state index contributed by atoms with van der Waals surface area (Å²) in [5, 5.41) is 2.46. The zero-order chi connectivity index (χ0) is 13.9. The Morgan fingerprint density at radius 2 is 1.84 bits per heavy atom. The molecule has 0 unspecified atom stereocenters. The number of carbonyl (C=O) groups excluding carboxylic acids is 2. The fourth-order valence-corrected chi connectivity index (χ4v) is 1.62. The standard InChI is InChI=1S/C15H21NO3/c1-2-3-4-8-11-19-15(18)16-12-14(17)13-9-6-5-7-10-13/h5-7,9-10H,2-4,8,11-12H2,1H3,(H,16,18). The summed E-state index contributed by atoms with van der Waals surface area (Å²) in [6.07, 6.45) is 3.70. The van der Waals surface area contributed by atoms with Crippen molar-refractivity contribution >= 4 is 11.9 Å². The zero-order valence-electron chi connectivity index (χ0n) is 11.4. The molecular formula is C15H21NO3. The second-order valence-corrected chi connectivity index (χ2v) is 4.34. The van der Waals surface area contributed by atoms with Crippen molar-refractivity contribution < 1.29 is 14.3 Å². The summed E-state index contributed by atoms with van der Waals surface area (Å²) >= 11 is 0. The Kier molecular flexibility index (Phi) is 7.32. The first-order valence-corrected chi connectivity index (χ1v) is 6.73. The molecule has 104 valence electrons. The van der Waals surface area contributed by atoms with Crippen molar-refractivity contribution in [2.75, 3.05) is 13.2 Å². The van der Waals surface area contributed by atoms with Crippen LogP contribution in [0.15, 0.2) is 30.3 Å². The van der Waals surface area contributed by atoms with Crippen molar-refractivity contribution in [2.45, 2.75) is 32.6 Å². The summed E-state index contributed by atoms with van der Waals surface area (Å²) in [4.78, 5) is 23.0. The van der Waals surface area contributed by atoms with E-state index in [0.717, 1.165) is 25.7 Å². The normalized spacial score (nSPS) is 9.95. The molecule has 1 N–H and O–H groups in total. The number of hydrogen-bond acceptors (Lipinski definition) is 3. The van der Waals surface area contributed by atoms with E-state index in [-0.39, 0.29) is 12.3 Å². The van der Waals surface area contributed by atoms with Crippen molar-refractivity contribution in [1.29, 1.82) is 0 Å². The first-order valence-electron chi connectivity index (χ1n) is 6.73. The molecular weight excluding hydrogens is 242 g/mol. The molecule has 0 saturated heterocycles. The number of carbonyl (C=O) groups is 2. The fraction of sp³-hybridized carbons (Fsp3) is 0.467. The number of ketones is 1. The van der Waals surface area contributed by atoms with Gasteiger partial charge in [0.1, 0.15) is 0 Å². The maximum Gasteiger partial charge on any atom is 0.407 e. The van der Waals surface area contributed by atoms with Gasteiger partial charge in [0.2, 0.25) is 0 Å². The Bertz CT molecular complexity index is 390. The average molecular weight is 263 g/mol. The lowest BCUT2D eigenvalue weighted by Gasteiger charge is -2.06. The minimum Gasteiger partial charge on any atom is -0.450 e. The smallest absolute Gasteiger partial charge is 0.407 e. The average Bonchev–Trinajstić information content (AvgIpc) is 2.45. The zero-order valence-corrected chi connectivity index (χ0v) is 11.4. The fourth-order valence-electron chi connectivity index (χ4n) is 1.62. The monoisotopic (exact) mass is 263 g/mol. The van der Waals surface area contributed by atoms with Gasteiger partial charge in [-0.3, -0.25) is 4.79 Å². The number of benzene rings is 1. The number of Topliss-reactive ketones (excluding diaryl/α,β-unsaturated/α-hetero) is 1. The van der Waals surface area contributed by atoms with Crippen molar-refractivity contribution in [3.8, 4) is 0 Å². The molecule has 1 rings (SSSR count). The summed E-state index contributed by atoms with van der Waals surface area (Å²) in [7, 11) is 0. The SMILES string of the molecule is CCCCCCOC(=O)NCC(=O)c1ccccc1. The molecule has 0 bridgehead atoms. The van der Waals surface area contributed by atoms with Crippen LogP contribution in [0.1, 0.15) is 43.0 Å². The van der Waals surface area contributed by atoms with Crippen molar-refractivity contribution in [2.24, 2.45) is 0 Å². The first kappa shape index (κ1) is 15.2. The molecule has 0 fully saturated rings. The Morgan fingerprint density at radius 3 is 2.53 bits per heavy atom. The second kappa shape index (κ2) is 9.14. The second-order valence-electron chi connectivity index (χ2n) is 4.34. The van der Waals surface area contributed by atoms with Crippen LogP contribution in [0.4, 0.5) is 4.79 Å². The summed E-state index contributed by atoms with van der Waals surface area (Å²) in [6.45, 7) is 2.51. The predicted molar refractivity (Wildman–Crippen MR) is 74.3 cm³/mol. The highest BCUT2D eigenvalue weighted by atomic mass is 16.5. The minimum atomic E-state index is -0.527. The van der Waals surface area contributed by atoms with Crippen molar-refractivity contribution in [1.82, 2.24) is 5.32 Å². The van der Waals surface area contributed by atoms with Gasteiger partial charge in [-0.05, 0) is 6.42 Å². The van der Waals surface area contributed by atoms with Crippen LogP contribution < -0.4 is 5.32 Å². The molecule has 0 saturated carbocycles. The van der Waals surface area contributed by atoms with Crippen LogP contribution in [0.25, 0.3) is 0 Å². The van der Waals surface area contributed by atoms with E-state index < -0.39 is 6.09 Å². The number of ether oxygens (including phenoxy) is 1. The largest absolute Gasteiger partial charge is 0.450 e. The number of unbranched alkanes of at least 4 members (excludes halogenated alkanes) is 3. The van der Waals surface area contributed by atoms with Gasteiger partial charge in [0.15, 0.2) is 5.78 Å². The third kappa shape index (κ3) is 6.60. The maximum atomic E-state index is 11.7. The van der Waals surface area contributed by atoms with Gasteiger partial charge >= 0.3 is 6.09 Å². The van der Waals surface area contributed by atoms with E-state index in [2.05, 4.69) is 12.2 Å². The molecule has 0 aliphatic heterocycles. The molecule has 1 amide bonds. The molecule has 0 radical (unpaired) electrons. The van der Waals surface area contributed by atoms with Crippen molar-refractivity contribution in [3.63, 3.8) is 0 Å². The van der Waals surface area contributed by atoms with E-state index in [4.69, 9.17) is 4.74 Å². The highest BCUT2D eigenvalue weighted by molar-refractivity contribution is 5.98. The van der Waals surface area contributed by atoms with Crippen LogP contribution >= 0.6 is 0 Å². The topological polar surface area (TPSA) is 55.4 Å². The van der Waals surface area contributed by atoms with Gasteiger partial charge in [0.25, 0.3) is 0 Å². The first-order chi connectivity index (χ1) is 9.24.